The van der Waals surface area contributed by atoms with E-state index in [1.807, 2.05) is 0 Å². The van der Waals surface area contributed by atoms with Gasteiger partial charge < -0.3 is 9.64 Å². The Morgan fingerprint density at radius 1 is 1.32 bits per heavy atom. The van der Waals surface area contributed by atoms with E-state index in [0.29, 0.717) is 18.5 Å². The summed E-state index contributed by atoms with van der Waals surface area (Å²) in [7, 11) is -3.11. The van der Waals surface area contributed by atoms with Crippen LogP contribution in [-0.2, 0) is 19.4 Å². The zero-order valence-electron chi connectivity index (χ0n) is 15.8. The van der Waals surface area contributed by atoms with Crippen molar-refractivity contribution in [2.24, 2.45) is 0 Å². The van der Waals surface area contributed by atoms with E-state index in [9.17, 15) is 18.0 Å². The average Bonchev–Trinajstić information content (AvgIpc) is 3.32. The molecule has 8 nitrogen and oxygen atoms in total. The van der Waals surface area contributed by atoms with Crippen molar-refractivity contribution in [3.8, 4) is 5.69 Å². The molecule has 1 amide bonds. The highest BCUT2D eigenvalue weighted by Gasteiger charge is 2.36. The van der Waals surface area contributed by atoms with Crippen LogP contribution in [0.4, 0.5) is 0 Å². The van der Waals surface area contributed by atoms with Gasteiger partial charge in [-0.05, 0) is 50.6 Å². The van der Waals surface area contributed by atoms with Gasteiger partial charge in [-0.15, -0.1) is 0 Å². The molecule has 0 radical (unpaired) electrons. The first-order chi connectivity index (χ1) is 13.3. The van der Waals surface area contributed by atoms with E-state index >= 15 is 0 Å². The van der Waals surface area contributed by atoms with Crippen molar-refractivity contribution in [1.82, 2.24) is 14.7 Å². The number of hydrogen-bond donors (Lipinski definition) is 0. The number of likely N-dealkylation sites (N-methyl/N-ethyl adjacent to an activating group) is 1. The number of ether oxygens (including phenoxy) is 1. The lowest BCUT2D eigenvalue weighted by Gasteiger charge is -2.29. The second-order valence-electron chi connectivity index (χ2n) is 6.73. The molecule has 0 unspecified atom stereocenters. The van der Waals surface area contributed by atoms with Gasteiger partial charge in [-0.2, -0.15) is 5.10 Å². The van der Waals surface area contributed by atoms with Crippen LogP contribution >= 0.6 is 0 Å². The summed E-state index contributed by atoms with van der Waals surface area (Å²) in [4.78, 5) is 26.6. The maximum Gasteiger partial charge on any atom is 0.338 e. The average molecular weight is 405 g/mol. The highest BCUT2D eigenvalue weighted by atomic mass is 32.2. The fraction of sp³-hybridized carbons (Fsp3) is 0.421. The summed E-state index contributed by atoms with van der Waals surface area (Å²) in [6, 6.07) is 8.12. The van der Waals surface area contributed by atoms with Crippen molar-refractivity contribution >= 4 is 21.7 Å². The van der Waals surface area contributed by atoms with Gasteiger partial charge in [0.1, 0.15) is 0 Å². The Morgan fingerprint density at radius 2 is 2.04 bits per heavy atom. The molecule has 1 aromatic carbocycles. The van der Waals surface area contributed by atoms with Gasteiger partial charge in [-0.25, -0.2) is 17.9 Å². The Kier molecular flexibility index (Phi) is 5.83. The minimum atomic E-state index is -3.11. The van der Waals surface area contributed by atoms with E-state index in [0.717, 1.165) is 5.69 Å². The van der Waals surface area contributed by atoms with Crippen LogP contribution in [0.15, 0.2) is 42.7 Å². The Balaban J connectivity index is 1.63. The molecule has 2 heterocycles. The normalized spacial score (nSPS) is 19.1. The number of amides is 1. The van der Waals surface area contributed by atoms with Crippen LogP contribution in [0.3, 0.4) is 0 Å². The molecule has 2 atom stereocenters. The van der Waals surface area contributed by atoms with Crippen molar-refractivity contribution in [3.05, 3.63) is 48.3 Å². The molecule has 9 heteroatoms. The summed E-state index contributed by atoms with van der Waals surface area (Å²) in [5, 5.41) is 4.12. The molecule has 1 aliphatic rings. The van der Waals surface area contributed by atoms with E-state index in [-0.39, 0.29) is 23.5 Å². The maximum atomic E-state index is 12.7. The summed E-state index contributed by atoms with van der Waals surface area (Å²) in [6.45, 7) is 3.65. The van der Waals surface area contributed by atoms with E-state index in [1.54, 1.807) is 54.3 Å². The van der Waals surface area contributed by atoms with E-state index in [2.05, 4.69) is 5.10 Å². The quantitative estimate of drug-likeness (QED) is 0.675. The summed E-state index contributed by atoms with van der Waals surface area (Å²) in [6.07, 6.45) is 2.86. The molecule has 1 saturated heterocycles. The number of esters is 1. The lowest BCUT2D eigenvalue weighted by Crippen LogP contribution is -2.46. The Labute approximate surface area is 164 Å². The first-order valence-corrected chi connectivity index (χ1v) is 10.9. The van der Waals surface area contributed by atoms with E-state index < -0.39 is 21.9 Å². The molecular weight excluding hydrogens is 382 g/mol. The number of rotatable bonds is 6. The third-order valence-corrected chi connectivity index (χ3v) is 6.53. The molecular formula is C19H23N3O5S. The van der Waals surface area contributed by atoms with Crippen molar-refractivity contribution < 1.29 is 22.7 Å². The van der Waals surface area contributed by atoms with Gasteiger partial charge >= 0.3 is 5.97 Å². The first kappa shape index (κ1) is 20.1. The fourth-order valence-electron chi connectivity index (χ4n) is 3.30. The van der Waals surface area contributed by atoms with Gasteiger partial charge in [0.05, 0.1) is 22.8 Å². The Hall–Kier alpha value is -2.68. The van der Waals surface area contributed by atoms with E-state index in [4.69, 9.17) is 4.74 Å². The van der Waals surface area contributed by atoms with Crippen molar-refractivity contribution in [2.45, 2.75) is 32.4 Å². The third-order valence-electron chi connectivity index (χ3n) is 4.78. The lowest BCUT2D eigenvalue weighted by molar-refractivity contribution is -0.141. The standard InChI is InChI=1S/C19H23N3O5S/c1-3-21(17-9-12-28(25,26)13-17)18(23)14(2)27-19(24)15-5-7-16(8-6-15)22-11-4-10-20-22/h4-8,10-11,14,17H,3,9,12-13H2,1-2H3/t14-,17+/m1/s1. The second kappa shape index (κ2) is 8.14. The van der Waals surface area contributed by atoms with Gasteiger partial charge in [-0.3, -0.25) is 4.79 Å². The number of nitrogens with zero attached hydrogens (tertiary/aromatic N) is 3. The molecule has 0 spiro atoms. The largest absolute Gasteiger partial charge is 0.449 e. The molecule has 28 heavy (non-hydrogen) atoms. The molecule has 0 bridgehead atoms. The number of hydrogen-bond acceptors (Lipinski definition) is 6. The molecule has 0 N–H and O–H groups in total. The molecule has 1 fully saturated rings. The van der Waals surface area contributed by atoms with Crippen molar-refractivity contribution in [3.63, 3.8) is 0 Å². The SMILES string of the molecule is CCN(C(=O)[C@@H](C)OC(=O)c1ccc(-n2cccn2)cc1)[C@H]1CCS(=O)(=O)C1. The lowest BCUT2D eigenvalue weighted by atomic mass is 10.2. The summed E-state index contributed by atoms with van der Waals surface area (Å²) >= 11 is 0. The number of carbonyl (C=O) groups excluding carboxylic acids is 2. The molecule has 0 aliphatic carbocycles. The zero-order valence-corrected chi connectivity index (χ0v) is 16.6. The monoisotopic (exact) mass is 405 g/mol. The topological polar surface area (TPSA) is 98.6 Å². The molecule has 2 aromatic rings. The summed E-state index contributed by atoms with van der Waals surface area (Å²) in [5.41, 5.74) is 1.12. The number of benzene rings is 1. The van der Waals surface area contributed by atoms with Crippen molar-refractivity contribution in [1.29, 1.82) is 0 Å². The second-order valence-corrected chi connectivity index (χ2v) is 8.95. The smallest absolute Gasteiger partial charge is 0.338 e. The minimum absolute atomic E-state index is 0.0395. The fourth-order valence-corrected chi connectivity index (χ4v) is 5.03. The van der Waals surface area contributed by atoms with Crippen molar-refractivity contribution in [2.75, 3.05) is 18.1 Å². The Bertz CT molecular complexity index is 938. The highest BCUT2D eigenvalue weighted by Crippen LogP contribution is 2.19. The molecule has 150 valence electrons. The predicted molar refractivity (Wildman–Crippen MR) is 103 cm³/mol. The van der Waals surface area contributed by atoms with Crippen LogP contribution in [0.5, 0.6) is 0 Å². The first-order valence-electron chi connectivity index (χ1n) is 9.12. The molecule has 1 aromatic heterocycles. The van der Waals surface area contributed by atoms with Crippen LogP contribution in [0.2, 0.25) is 0 Å². The van der Waals surface area contributed by atoms with E-state index in [1.165, 1.54) is 11.8 Å². The van der Waals surface area contributed by atoms with Gasteiger partial charge in [0.15, 0.2) is 15.9 Å². The number of carbonyl (C=O) groups is 2. The molecule has 3 rings (SSSR count). The van der Waals surface area contributed by atoms with Gasteiger partial charge in [0.2, 0.25) is 0 Å². The van der Waals surface area contributed by atoms with Crippen LogP contribution in [0, 0.1) is 0 Å². The minimum Gasteiger partial charge on any atom is -0.449 e. The number of aromatic nitrogens is 2. The van der Waals surface area contributed by atoms with Gasteiger partial charge in [0.25, 0.3) is 5.91 Å². The van der Waals surface area contributed by atoms with Crippen LogP contribution in [-0.4, -0.2) is 65.2 Å². The van der Waals surface area contributed by atoms with Crippen LogP contribution < -0.4 is 0 Å². The number of sulfone groups is 1. The summed E-state index contributed by atoms with van der Waals surface area (Å²) in [5.74, 6) is -0.950. The maximum absolute atomic E-state index is 12.7. The predicted octanol–water partition coefficient (Wildman–Crippen LogP) is 1.45. The third kappa shape index (κ3) is 4.41. The molecule has 1 aliphatic heterocycles. The van der Waals surface area contributed by atoms with Crippen LogP contribution in [0.25, 0.3) is 5.69 Å². The van der Waals surface area contributed by atoms with Crippen LogP contribution in [0.1, 0.15) is 30.6 Å². The summed E-state index contributed by atoms with van der Waals surface area (Å²) < 4.78 is 30.4. The van der Waals surface area contributed by atoms with Gasteiger partial charge in [-0.1, -0.05) is 0 Å². The highest BCUT2D eigenvalue weighted by molar-refractivity contribution is 7.91. The molecule has 0 saturated carbocycles. The zero-order chi connectivity index (χ0) is 20.3. The Morgan fingerprint density at radius 3 is 2.57 bits per heavy atom. The van der Waals surface area contributed by atoms with Gasteiger partial charge in [0, 0.05) is 25.0 Å².